The van der Waals surface area contributed by atoms with E-state index in [1.165, 1.54) is 39.5 Å². The van der Waals surface area contributed by atoms with Gasteiger partial charge in [0, 0.05) is 19.2 Å². The molecule has 8 nitrogen and oxygen atoms in total. The zero-order chi connectivity index (χ0) is 21.4. The van der Waals surface area contributed by atoms with E-state index in [-0.39, 0.29) is 23.2 Å². The quantitative estimate of drug-likeness (QED) is 0.630. The first-order chi connectivity index (χ1) is 13.8. The van der Waals surface area contributed by atoms with Crippen molar-refractivity contribution < 1.29 is 27.4 Å². The van der Waals surface area contributed by atoms with Crippen LogP contribution in [0, 0.1) is 0 Å². The fourth-order valence-corrected chi connectivity index (χ4v) is 4.19. The highest BCUT2D eigenvalue weighted by Gasteiger charge is 2.28. The standard InChI is InChI=1S/C20H26N2O6S/c1-15(14-26-2)21-20(23)13-22(16-8-6-5-7-9-16)29(24,25)17-10-11-18(27-3)19(12-17)28-4/h5-12,15H,13-14H2,1-4H3,(H,21,23)/t15-/m0/s1. The van der Waals surface area contributed by atoms with E-state index in [1.54, 1.807) is 37.3 Å². The van der Waals surface area contributed by atoms with E-state index in [0.29, 0.717) is 18.0 Å². The average molecular weight is 423 g/mol. The Morgan fingerprint density at radius 1 is 1.03 bits per heavy atom. The van der Waals surface area contributed by atoms with Gasteiger partial charge in [-0.15, -0.1) is 0 Å². The van der Waals surface area contributed by atoms with E-state index < -0.39 is 15.9 Å². The molecule has 2 aromatic carbocycles. The first kappa shape index (κ1) is 22.5. The van der Waals surface area contributed by atoms with E-state index in [0.717, 1.165) is 4.31 Å². The predicted octanol–water partition coefficient (Wildman–Crippen LogP) is 2.05. The van der Waals surface area contributed by atoms with Crippen LogP contribution in [0.4, 0.5) is 5.69 Å². The largest absolute Gasteiger partial charge is 0.493 e. The fraction of sp³-hybridized carbons (Fsp3) is 0.350. The number of nitrogens with one attached hydrogen (secondary N) is 1. The molecule has 0 bridgehead atoms. The Balaban J connectivity index is 2.41. The fourth-order valence-electron chi connectivity index (χ4n) is 2.76. The van der Waals surface area contributed by atoms with Crippen LogP contribution in [0.25, 0.3) is 0 Å². The second-order valence-corrected chi connectivity index (χ2v) is 8.15. The molecule has 0 saturated carbocycles. The summed E-state index contributed by atoms with van der Waals surface area (Å²) in [5.41, 5.74) is 0.372. The molecule has 0 saturated heterocycles. The Kier molecular flexibility index (Phi) is 7.86. The van der Waals surface area contributed by atoms with Gasteiger partial charge in [0.25, 0.3) is 10.0 Å². The Morgan fingerprint density at radius 3 is 2.28 bits per heavy atom. The summed E-state index contributed by atoms with van der Waals surface area (Å²) in [5.74, 6) is 0.242. The highest BCUT2D eigenvalue weighted by atomic mass is 32.2. The lowest BCUT2D eigenvalue weighted by molar-refractivity contribution is -0.120. The number of anilines is 1. The first-order valence-electron chi connectivity index (χ1n) is 8.91. The third-order valence-electron chi connectivity index (χ3n) is 4.10. The predicted molar refractivity (Wildman–Crippen MR) is 110 cm³/mol. The lowest BCUT2D eigenvalue weighted by Gasteiger charge is -2.25. The number of hydrogen-bond acceptors (Lipinski definition) is 6. The van der Waals surface area contributed by atoms with Crippen molar-refractivity contribution in [1.82, 2.24) is 5.32 Å². The molecule has 0 heterocycles. The van der Waals surface area contributed by atoms with Gasteiger partial charge in [-0.05, 0) is 31.2 Å². The van der Waals surface area contributed by atoms with Crippen LogP contribution in [-0.4, -0.2) is 54.8 Å². The first-order valence-corrected chi connectivity index (χ1v) is 10.4. The normalized spacial score (nSPS) is 12.1. The van der Waals surface area contributed by atoms with Crippen molar-refractivity contribution in [2.24, 2.45) is 0 Å². The van der Waals surface area contributed by atoms with Gasteiger partial charge in [0.15, 0.2) is 11.5 Å². The van der Waals surface area contributed by atoms with Crippen LogP contribution >= 0.6 is 0 Å². The number of hydrogen-bond donors (Lipinski definition) is 1. The smallest absolute Gasteiger partial charge is 0.264 e. The summed E-state index contributed by atoms with van der Waals surface area (Å²) < 4.78 is 43.2. The molecule has 0 radical (unpaired) electrons. The Hall–Kier alpha value is -2.78. The topological polar surface area (TPSA) is 94.2 Å². The number of ether oxygens (including phenoxy) is 3. The molecule has 1 amide bonds. The molecule has 0 fully saturated rings. The summed E-state index contributed by atoms with van der Waals surface area (Å²) in [6.45, 7) is 1.71. The maximum atomic E-state index is 13.4. The van der Waals surface area contributed by atoms with Crippen LogP contribution in [0.3, 0.4) is 0 Å². The van der Waals surface area contributed by atoms with Crippen molar-refractivity contribution in [2.45, 2.75) is 17.9 Å². The zero-order valence-electron chi connectivity index (χ0n) is 16.9. The van der Waals surface area contributed by atoms with Gasteiger partial charge in [-0.25, -0.2) is 8.42 Å². The van der Waals surface area contributed by atoms with Gasteiger partial charge < -0.3 is 19.5 Å². The molecule has 1 N–H and O–H groups in total. The van der Waals surface area contributed by atoms with Crippen molar-refractivity contribution in [1.29, 1.82) is 0 Å². The molecule has 2 rings (SSSR count). The number of methoxy groups -OCH3 is 3. The summed E-state index contributed by atoms with van der Waals surface area (Å²) >= 11 is 0. The number of rotatable bonds is 10. The molecular weight excluding hydrogens is 396 g/mol. The lowest BCUT2D eigenvalue weighted by Crippen LogP contribution is -2.44. The van der Waals surface area contributed by atoms with Crippen LogP contribution in [0.5, 0.6) is 11.5 Å². The second-order valence-electron chi connectivity index (χ2n) is 6.29. The van der Waals surface area contributed by atoms with Crippen molar-refractivity contribution in [3.05, 3.63) is 48.5 Å². The lowest BCUT2D eigenvalue weighted by atomic mass is 10.3. The Morgan fingerprint density at radius 2 is 1.69 bits per heavy atom. The SMILES string of the molecule is COC[C@H](C)NC(=O)CN(c1ccccc1)S(=O)(=O)c1ccc(OC)c(OC)c1. The molecule has 2 aromatic rings. The molecule has 1 atom stereocenters. The van der Waals surface area contributed by atoms with Gasteiger partial charge in [0.2, 0.25) is 5.91 Å². The van der Waals surface area contributed by atoms with Crippen LogP contribution in [-0.2, 0) is 19.6 Å². The van der Waals surface area contributed by atoms with E-state index in [1.807, 2.05) is 0 Å². The third-order valence-corrected chi connectivity index (χ3v) is 5.87. The minimum absolute atomic E-state index is 0.0169. The summed E-state index contributed by atoms with van der Waals surface area (Å²) in [6, 6.07) is 12.5. The number of sulfonamides is 1. The average Bonchev–Trinajstić information content (AvgIpc) is 2.72. The van der Waals surface area contributed by atoms with Crippen molar-refractivity contribution in [3.63, 3.8) is 0 Å². The van der Waals surface area contributed by atoms with E-state index in [2.05, 4.69) is 5.32 Å². The van der Waals surface area contributed by atoms with Gasteiger partial charge in [-0.3, -0.25) is 9.10 Å². The number of benzene rings is 2. The number of carbonyl (C=O) groups excluding carboxylic acids is 1. The minimum Gasteiger partial charge on any atom is -0.493 e. The van der Waals surface area contributed by atoms with Crippen LogP contribution in [0.1, 0.15) is 6.92 Å². The second kappa shape index (κ2) is 10.1. The van der Waals surface area contributed by atoms with E-state index in [9.17, 15) is 13.2 Å². The van der Waals surface area contributed by atoms with Crippen LogP contribution in [0.2, 0.25) is 0 Å². The monoisotopic (exact) mass is 422 g/mol. The molecular formula is C20H26N2O6S. The molecule has 158 valence electrons. The molecule has 29 heavy (non-hydrogen) atoms. The highest BCUT2D eigenvalue weighted by Crippen LogP contribution is 2.32. The number of nitrogens with zero attached hydrogens (tertiary/aromatic N) is 1. The molecule has 0 unspecified atom stereocenters. The van der Waals surface area contributed by atoms with Gasteiger partial charge in [-0.1, -0.05) is 18.2 Å². The summed E-state index contributed by atoms with van der Waals surface area (Å²) in [6.07, 6.45) is 0. The molecule has 9 heteroatoms. The molecule has 0 aromatic heterocycles. The summed E-state index contributed by atoms with van der Waals surface area (Å²) in [7, 11) is 0.370. The van der Waals surface area contributed by atoms with Gasteiger partial charge in [-0.2, -0.15) is 0 Å². The molecule has 0 aliphatic carbocycles. The minimum atomic E-state index is -4.05. The Bertz CT molecular complexity index is 918. The summed E-state index contributed by atoms with van der Waals surface area (Å²) in [5, 5.41) is 2.73. The number of carbonyl (C=O) groups is 1. The van der Waals surface area contributed by atoms with Crippen LogP contribution in [0.15, 0.2) is 53.4 Å². The summed E-state index contributed by atoms with van der Waals surface area (Å²) in [4.78, 5) is 12.5. The van der Waals surface area contributed by atoms with Crippen molar-refractivity contribution in [2.75, 3.05) is 38.8 Å². The van der Waals surface area contributed by atoms with Gasteiger partial charge >= 0.3 is 0 Å². The Labute approximate surface area is 171 Å². The molecule has 0 aliphatic rings. The van der Waals surface area contributed by atoms with Crippen molar-refractivity contribution in [3.8, 4) is 11.5 Å². The highest BCUT2D eigenvalue weighted by molar-refractivity contribution is 7.92. The van der Waals surface area contributed by atoms with Gasteiger partial charge in [0.1, 0.15) is 6.54 Å². The van der Waals surface area contributed by atoms with Gasteiger partial charge in [0.05, 0.1) is 31.4 Å². The molecule has 0 aliphatic heterocycles. The van der Waals surface area contributed by atoms with Crippen LogP contribution < -0.4 is 19.1 Å². The number of amides is 1. The maximum absolute atomic E-state index is 13.4. The number of para-hydroxylation sites is 1. The third kappa shape index (κ3) is 5.61. The maximum Gasteiger partial charge on any atom is 0.264 e. The zero-order valence-corrected chi connectivity index (χ0v) is 17.7. The molecule has 0 spiro atoms. The van der Waals surface area contributed by atoms with Crippen molar-refractivity contribution >= 4 is 21.6 Å². The van der Waals surface area contributed by atoms with E-state index >= 15 is 0 Å². The van der Waals surface area contributed by atoms with E-state index in [4.69, 9.17) is 14.2 Å².